The van der Waals surface area contributed by atoms with Crippen molar-refractivity contribution in [2.45, 2.75) is 82.2 Å². The molecule has 0 radical (unpaired) electrons. The molecule has 5 amide bonds. The maximum Gasteiger partial charge on any atom is 0.254 e. The predicted molar refractivity (Wildman–Crippen MR) is 244 cm³/mol. The topological polar surface area (TPSA) is 177 Å². The van der Waals surface area contributed by atoms with Gasteiger partial charge >= 0.3 is 0 Å². The molecule has 3 atom stereocenters. The van der Waals surface area contributed by atoms with Gasteiger partial charge in [0.05, 0.1) is 6.04 Å². The molecular formula is C48H73N7O9. The van der Waals surface area contributed by atoms with Crippen LogP contribution in [0.4, 0.5) is 0 Å². The monoisotopic (exact) mass is 892 g/mol. The van der Waals surface area contributed by atoms with Crippen LogP contribution in [0.1, 0.15) is 96.9 Å². The van der Waals surface area contributed by atoms with Crippen LogP contribution in [0.15, 0.2) is 36.4 Å². The Morgan fingerprint density at radius 3 is 1.17 bits per heavy atom. The molecule has 7 rings (SSSR count). The lowest BCUT2D eigenvalue weighted by atomic mass is 9.81. The lowest BCUT2D eigenvalue weighted by Crippen LogP contribution is -2.56. The minimum atomic E-state index is -0.538. The number of amides is 5. The molecule has 2 aromatic rings. The van der Waals surface area contributed by atoms with E-state index in [9.17, 15) is 24.0 Å². The minimum absolute atomic E-state index is 0.0331. The fourth-order valence-electron chi connectivity index (χ4n) is 7.43. The van der Waals surface area contributed by atoms with Gasteiger partial charge < -0.3 is 54.5 Å². The molecule has 0 aromatic heterocycles. The third kappa shape index (κ3) is 12.6. The second kappa shape index (κ2) is 20.8. The van der Waals surface area contributed by atoms with Crippen LogP contribution in [0.25, 0.3) is 0 Å². The Kier molecular flexibility index (Phi) is 16.2. The SMILES string of the molecule is CC(C)(C)[C@H](N)C(=O)N1CCN(C(=O)c2ccc3c(c2)OCO3)CC1.C[C@H](C(=O)N1CCN(C(=O)c2ccc3c(c2)OCO3)CC1)C(C)(C)C.C[C@H](C(=O)N1CCNCC1)C(C)(C)C. The van der Waals surface area contributed by atoms with Gasteiger partial charge in [-0.1, -0.05) is 76.2 Å². The molecule has 0 bridgehead atoms. The molecule has 5 aliphatic rings. The van der Waals surface area contributed by atoms with Gasteiger partial charge in [-0.3, -0.25) is 24.0 Å². The zero-order valence-electron chi connectivity index (χ0n) is 40.1. The predicted octanol–water partition coefficient (Wildman–Crippen LogP) is 4.56. The zero-order valence-corrected chi connectivity index (χ0v) is 40.1. The van der Waals surface area contributed by atoms with Crippen molar-refractivity contribution >= 4 is 29.5 Å². The number of piperazine rings is 3. The largest absolute Gasteiger partial charge is 0.454 e. The van der Waals surface area contributed by atoms with E-state index >= 15 is 0 Å². The van der Waals surface area contributed by atoms with Crippen molar-refractivity contribution < 1.29 is 42.9 Å². The van der Waals surface area contributed by atoms with Crippen LogP contribution >= 0.6 is 0 Å². The number of hydrogen-bond acceptors (Lipinski definition) is 11. The number of rotatable bonds is 5. The van der Waals surface area contributed by atoms with E-state index in [1.54, 1.807) is 51.1 Å². The number of ether oxygens (including phenoxy) is 4. The summed E-state index contributed by atoms with van der Waals surface area (Å²) in [5.74, 6) is 2.93. The van der Waals surface area contributed by atoms with E-state index in [0.717, 1.165) is 26.2 Å². The van der Waals surface area contributed by atoms with Crippen molar-refractivity contribution in [3.05, 3.63) is 47.5 Å². The summed E-state index contributed by atoms with van der Waals surface area (Å²) in [7, 11) is 0. The summed E-state index contributed by atoms with van der Waals surface area (Å²) in [6.07, 6.45) is 0. The molecule has 0 spiro atoms. The Bertz CT molecular complexity index is 1850. The summed E-state index contributed by atoms with van der Waals surface area (Å²) in [6, 6.07) is 9.90. The molecule has 5 heterocycles. The van der Waals surface area contributed by atoms with Gasteiger partial charge in [-0.2, -0.15) is 0 Å². The Balaban J connectivity index is 0.000000189. The lowest BCUT2D eigenvalue weighted by Gasteiger charge is -2.38. The van der Waals surface area contributed by atoms with Crippen LogP contribution in [0.2, 0.25) is 0 Å². The van der Waals surface area contributed by atoms with Crippen LogP contribution in [0.5, 0.6) is 23.0 Å². The molecule has 0 aliphatic carbocycles. The molecule has 3 fully saturated rings. The standard InChI is InChI=1S/C19H26N2O4.C18H25N3O4.C11H22N2O/c1-13(19(2,3)4)17(22)20-7-9-21(10-8-20)18(23)14-5-6-15-16(11-14)25-12-24-15;1-18(2,3)15(19)17(23)21-8-6-20(7-9-21)16(22)12-4-5-13-14(10-12)25-11-24-13;1-9(11(2,3)4)10(14)13-7-5-12-6-8-13/h5-6,11,13H,7-10,12H2,1-4H3;4-5,10,15H,6-9,11,19H2,1-3H3;9,12H,5-8H2,1-4H3/t13-;15-;9-/m111/s1. The average molecular weight is 892 g/mol. The van der Waals surface area contributed by atoms with Crippen molar-refractivity contribution in [2.24, 2.45) is 33.8 Å². The van der Waals surface area contributed by atoms with E-state index in [0.29, 0.717) is 92.4 Å². The summed E-state index contributed by atoms with van der Waals surface area (Å²) in [5.41, 5.74) is 6.95. The number of nitrogens with two attached hydrogens (primary N) is 1. The number of hydrogen-bond donors (Lipinski definition) is 2. The Morgan fingerprint density at radius 1 is 0.484 bits per heavy atom. The van der Waals surface area contributed by atoms with E-state index in [4.69, 9.17) is 24.7 Å². The second-order valence-electron chi connectivity index (χ2n) is 20.5. The Labute approximate surface area is 380 Å². The number of carbonyl (C=O) groups is 5. The summed E-state index contributed by atoms with van der Waals surface area (Å²) < 4.78 is 21.2. The molecular weight excluding hydrogens is 819 g/mol. The summed E-state index contributed by atoms with van der Waals surface area (Å²) in [4.78, 5) is 71.7. The maximum atomic E-state index is 12.7. The first-order chi connectivity index (χ1) is 30.0. The van der Waals surface area contributed by atoms with Crippen molar-refractivity contribution in [3.63, 3.8) is 0 Å². The van der Waals surface area contributed by atoms with Crippen LogP contribution < -0.4 is 30.0 Å². The normalized spacial score (nSPS) is 18.8. The Morgan fingerprint density at radius 2 is 0.812 bits per heavy atom. The number of nitrogens with zero attached hydrogens (tertiary/aromatic N) is 5. The van der Waals surface area contributed by atoms with Gasteiger partial charge in [0, 0.05) is 101 Å². The van der Waals surface area contributed by atoms with Gasteiger partial charge in [0.1, 0.15) is 0 Å². The van der Waals surface area contributed by atoms with Crippen molar-refractivity contribution in [3.8, 4) is 23.0 Å². The molecule has 16 heteroatoms. The maximum absolute atomic E-state index is 12.7. The van der Waals surface area contributed by atoms with E-state index in [1.807, 2.05) is 44.4 Å². The minimum Gasteiger partial charge on any atom is -0.454 e. The lowest BCUT2D eigenvalue weighted by molar-refractivity contribution is -0.140. The van der Waals surface area contributed by atoms with Gasteiger partial charge in [0.2, 0.25) is 31.3 Å². The highest BCUT2D eigenvalue weighted by Gasteiger charge is 2.35. The van der Waals surface area contributed by atoms with Gasteiger partial charge in [-0.25, -0.2) is 0 Å². The number of carbonyl (C=O) groups excluding carboxylic acids is 5. The molecule has 0 saturated carbocycles. The van der Waals surface area contributed by atoms with Crippen molar-refractivity contribution in [1.29, 1.82) is 0 Å². The Hall–Kier alpha value is -5.09. The third-order valence-electron chi connectivity index (χ3n) is 13.0. The average Bonchev–Trinajstić information content (AvgIpc) is 3.96. The molecule has 5 aliphatic heterocycles. The van der Waals surface area contributed by atoms with Gasteiger partial charge in [-0.15, -0.1) is 0 Å². The van der Waals surface area contributed by atoms with Crippen molar-refractivity contribution in [1.82, 2.24) is 29.8 Å². The summed E-state index contributed by atoms with van der Waals surface area (Å²) in [5, 5.41) is 3.25. The first kappa shape index (κ1) is 49.9. The molecule has 0 unspecified atom stereocenters. The molecule has 3 saturated heterocycles. The highest BCUT2D eigenvalue weighted by molar-refractivity contribution is 5.96. The fourth-order valence-corrected chi connectivity index (χ4v) is 7.43. The van der Waals surface area contributed by atoms with Crippen LogP contribution in [0.3, 0.4) is 0 Å². The fraction of sp³-hybridized carbons (Fsp3) is 0.646. The zero-order chi connectivity index (χ0) is 47.1. The molecule has 3 N–H and O–H groups in total. The molecule has 64 heavy (non-hydrogen) atoms. The van der Waals surface area contributed by atoms with Crippen molar-refractivity contribution in [2.75, 3.05) is 92.1 Å². The summed E-state index contributed by atoms with van der Waals surface area (Å²) in [6.45, 7) is 30.7. The van der Waals surface area contributed by atoms with Crippen LogP contribution in [0, 0.1) is 28.1 Å². The second-order valence-corrected chi connectivity index (χ2v) is 20.5. The highest BCUT2D eigenvalue weighted by Crippen LogP contribution is 2.34. The van der Waals surface area contributed by atoms with E-state index in [2.05, 4.69) is 46.9 Å². The first-order valence-corrected chi connectivity index (χ1v) is 22.7. The smallest absolute Gasteiger partial charge is 0.254 e. The third-order valence-corrected chi connectivity index (χ3v) is 13.0. The summed E-state index contributed by atoms with van der Waals surface area (Å²) >= 11 is 0. The quantitative estimate of drug-likeness (QED) is 0.431. The first-order valence-electron chi connectivity index (χ1n) is 22.7. The number of nitrogens with one attached hydrogen (secondary N) is 1. The van der Waals surface area contributed by atoms with E-state index < -0.39 is 6.04 Å². The van der Waals surface area contributed by atoms with Crippen LogP contribution in [-0.4, -0.2) is 152 Å². The molecule has 354 valence electrons. The van der Waals surface area contributed by atoms with Gasteiger partial charge in [0.25, 0.3) is 11.8 Å². The van der Waals surface area contributed by atoms with E-state index in [1.165, 1.54) is 0 Å². The molecule has 2 aromatic carbocycles. The van der Waals surface area contributed by atoms with Crippen LogP contribution in [-0.2, 0) is 14.4 Å². The highest BCUT2D eigenvalue weighted by atomic mass is 16.7. The van der Waals surface area contributed by atoms with E-state index in [-0.39, 0.29) is 65.3 Å². The number of fused-ring (bicyclic) bond motifs is 2. The van der Waals surface area contributed by atoms with Gasteiger partial charge in [0.15, 0.2) is 23.0 Å². The van der Waals surface area contributed by atoms with Gasteiger partial charge in [-0.05, 0) is 52.6 Å². The number of benzene rings is 2. The molecule has 16 nitrogen and oxygen atoms in total.